The van der Waals surface area contributed by atoms with E-state index in [2.05, 4.69) is 4.90 Å². The van der Waals surface area contributed by atoms with Gasteiger partial charge in [-0.05, 0) is 43.7 Å². The first-order valence-electron chi connectivity index (χ1n) is 8.48. The number of amides is 1. The largest absolute Gasteiger partial charge is 0.497 e. The van der Waals surface area contributed by atoms with Gasteiger partial charge in [0.15, 0.2) is 6.23 Å². The predicted molar refractivity (Wildman–Crippen MR) is 99.0 cm³/mol. The average molecular weight is 340 g/mol. The highest BCUT2D eigenvalue weighted by molar-refractivity contribution is 5.93. The zero-order valence-electron chi connectivity index (χ0n) is 14.9. The van der Waals surface area contributed by atoms with Crippen LogP contribution in [-0.4, -0.2) is 45.0 Å². The molecular weight excluding hydrogens is 316 g/mol. The first-order valence-corrected chi connectivity index (χ1v) is 8.48. The summed E-state index contributed by atoms with van der Waals surface area (Å²) < 4.78 is 11.0. The summed E-state index contributed by atoms with van der Waals surface area (Å²) in [4.78, 5) is 16.3. The van der Waals surface area contributed by atoms with Gasteiger partial charge in [-0.3, -0.25) is 9.80 Å². The molecule has 0 radical (unpaired) electrons. The molecule has 132 valence electrons. The van der Waals surface area contributed by atoms with E-state index in [0.717, 1.165) is 42.0 Å². The van der Waals surface area contributed by atoms with E-state index in [0.29, 0.717) is 0 Å². The molecule has 3 rings (SSSR count). The molecule has 0 N–H and O–H groups in total. The molecular formula is C20H24N2O3. The van der Waals surface area contributed by atoms with E-state index in [1.807, 2.05) is 55.6 Å². The van der Waals surface area contributed by atoms with E-state index in [-0.39, 0.29) is 12.3 Å². The maximum absolute atomic E-state index is 12.6. The van der Waals surface area contributed by atoms with Gasteiger partial charge in [0.2, 0.25) is 0 Å². The minimum atomic E-state index is -0.346. The normalized spacial score (nSPS) is 17.3. The van der Waals surface area contributed by atoms with Crippen molar-refractivity contribution in [3.8, 4) is 16.9 Å². The first-order chi connectivity index (χ1) is 12.1. The summed E-state index contributed by atoms with van der Waals surface area (Å²) >= 11 is 0. The smallest absolute Gasteiger partial charge is 0.415 e. The quantitative estimate of drug-likeness (QED) is 0.844. The number of methoxy groups -OCH3 is 1. The molecule has 0 aliphatic carbocycles. The zero-order valence-corrected chi connectivity index (χ0v) is 14.9. The van der Waals surface area contributed by atoms with Gasteiger partial charge in [0.25, 0.3) is 0 Å². The van der Waals surface area contributed by atoms with Crippen LogP contribution < -0.4 is 9.64 Å². The highest BCUT2D eigenvalue weighted by Gasteiger charge is 2.27. The van der Waals surface area contributed by atoms with E-state index in [4.69, 9.17) is 9.47 Å². The number of benzene rings is 2. The van der Waals surface area contributed by atoms with Gasteiger partial charge >= 0.3 is 6.09 Å². The molecule has 1 aliphatic rings. The Kier molecular flexibility index (Phi) is 5.24. The number of carbonyl (C=O) groups is 1. The molecule has 0 saturated carbocycles. The molecule has 0 unspecified atom stereocenters. The van der Waals surface area contributed by atoms with Gasteiger partial charge < -0.3 is 9.47 Å². The molecule has 2 aromatic rings. The third kappa shape index (κ3) is 3.77. The topological polar surface area (TPSA) is 42.0 Å². The van der Waals surface area contributed by atoms with Crippen LogP contribution in [0.5, 0.6) is 5.75 Å². The fraction of sp³-hybridized carbons (Fsp3) is 0.350. The van der Waals surface area contributed by atoms with Crippen molar-refractivity contribution in [3.63, 3.8) is 0 Å². The fourth-order valence-corrected chi connectivity index (χ4v) is 3.11. The maximum Gasteiger partial charge on any atom is 0.415 e. The third-order valence-corrected chi connectivity index (χ3v) is 4.61. The Morgan fingerprint density at radius 3 is 2.60 bits per heavy atom. The van der Waals surface area contributed by atoms with Crippen molar-refractivity contribution in [2.24, 2.45) is 0 Å². The average Bonchev–Trinajstić information content (AvgIpc) is 3.06. The summed E-state index contributed by atoms with van der Waals surface area (Å²) in [5, 5.41) is 0. The predicted octanol–water partition coefficient (Wildman–Crippen LogP) is 3.99. The van der Waals surface area contributed by atoms with Crippen molar-refractivity contribution in [1.29, 1.82) is 0 Å². The Labute approximate surface area is 148 Å². The van der Waals surface area contributed by atoms with Gasteiger partial charge in [0.05, 0.1) is 12.8 Å². The van der Waals surface area contributed by atoms with E-state index < -0.39 is 0 Å². The molecule has 0 aromatic heterocycles. The lowest BCUT2D eigenvalue weighted by atomic mass is 10.0. The van der Waals surface area contributed by atoms with Crippen molar-refractivity contribution < 1.29 is 14.3 Å². The van der Waals surface area contributed by atoms with E-state index >= 15 is 0 Å². The molecule has 1 aliphatic heterocycles. The number of anilines is 1. The third-order valence-electron chi connectivity index (χ3n) is 4.61. The monoisotopic (exact) mass is 340 g/mol. The lowest BCUT2D eigenvalue weighted by Crippen LogP contribution is -2.36. The maximum atomic E-state index is 12.6. The van der Waals surface area contributed by atoms with Crippen LogP contribution in [0.25, 0.3) is 11.1 Å². The van der Waals surface area contributed by atoms with Crippen molar-refractivity contribution >= 4 is 11.8 Å². The minimum Gasteiger partial charge on any atom is -0.497 e. The van der Waals surface area contributed by atoms with E-state index in [1.165, 1.54) is 0 Å². The van der Waals surface area contributed by atoms with Crippen LogP contribution in [0.3, 0.4) is 0 Å². The minimum absolute atomic E-state index is 0.145. The Hall–Kier alpha value is -2.53. The summed E-state index contributed by atoms with van der Waals surface area (Å²) in [6.45, 7) is 0.958. The van der Waals surface area contributed by atoms with Crippen molar-refractivity contribution in [3.05, 3.63) is 48.5 Å². The number of rotatable bonds is 4. The molecule has 0 bridgehead atoms. The van der Waals surface area contributed by atoms with E-state index in [9.17, 15) is 4.79 Å². The summed E-state index contributed by atoms with van der Waals surface area (Å²) in [5.74, 6) is 0.750. The molecule has 2 aromatic carbocycles. The van der Waals surface area contributed by atoms with Gasteiger partial charge in [-0.1, -0.05) is 30.3 Å². The summed E-state index contributed by atoms with van der Waals surface area (Å²) in [5.41, 5.74) is 2.74. The number of hydrogen-bond donors (Lipinski definition) is 0. The van der Waals surface area contributed by atoms with Crippen LogP contribution in [-0.2, 0) is 4.74 Å². The van der Waals surface area contributed by atoms with Crippen molar-refractivity contribution in [2.75, 3.05) is 32.6 Å². The summed E-state index contributed by atoms with van der Waals surface area (Å²) in [6.07, 6.45) is 1.44. The number of nitrogens with zero attached hydrogens (tertiary/aromatic N) is 2. The summed E-state index contributed by atoms with van der Waals surface area (Å²) in [7, 11) is 5.36. The molecule has 5 nitrogen and oxygen atoms in total. The highest BCUT2D eigenvalue weighted by Crippen LogP contribution is 2.34. The second-order valence-electron chi connectivity index (χ2n) is 6.27. The van der Waals surface area contributed by atoms with Gasteiger partial charge in [0, 0.05) is 19.2 Å². The molecule has 1 fully saturated rings. The standard InChI is InChI=1S/C20H24N2O3/c1-21-13-7-10-19(21)25-20(23)22(2)18-12-11-16(24-3)14-17(18)15-8-5-4-6-9-15/h4-6,8-9,11-12,14,19H,7,10,13H2,1-3H3/t19-/m0/s1. The highest BCUT2D eigenvalue weighted by atomic mass is 16.6. The molecule has 5 heteroatoms. The Balaban J connectivity index is 1.88. The zero-order chi connectivity index (χ0) is 17.8. The van der Waals surface area contributed by atoms with Gasteiger partial charge in [-0.2, -0.15) is 0 Å². The van der Waals surface area contributed by atoms with Crippen LogP contribution >= 0.6 is 0 Å². The van der Waals surface area contributed by atoms with Crippen LogP contribution in [0, 0.1) is 0 Å². The molecule has 1 amide bonds. The SMILES string of the molecule is COc1ccc(N(C)C(=O)O[C@H]2CCCN2C)c(-c2ccccc2)c1. The van der Waals surface area contributed by atoms with Crippen LogP contribution in [0.15, 0.2) is 48.5 Å². The second kappa shape index (κ2) is 7.57. The lowest BCUT2D eigenvalue weighted by Gasteiger charge is -2.25. The second-order valence-corrected chi connectivity index (χ2v) is 6.27. The molecule has 1 heterocycles. The number of ether oxygens (including phenoxy) is 2. The first kappa shape index (κ1) is 17.3. The molecule has 0 spiro atoms. The van der Waals surface area contributed by atoms with Crippen molar-refractivity contribution in [2.45, 2.75) is 19.1 Å². The Morgan fingerprint density at radius 1 is 1.20 bits per heavy atom. The van der Waals surface area contributed by atoms with Crippen LogP contribution in [0.4, 0.5) is 10.5 Å². The van der Waals surface area contributed by atoms with Gasteiger partial charge in [-0.15, -0.1) is 0 Å². The summed E-state index contributed by atoms with van der Waals surface area (Å²) in [6, 6.07) is 15.6. The lowest BCUT2D eigenvalue weighted by molar-refractivity contribution is 0.0315. The number of carbonyl (C=O) groups excluding carboxylic acids is 1. The Bertz CT molecular complexity index is 733. The van der Waals surface area contributed by atoms with E-state index in [1.54, 1.807) is 19.1 Å². The van der Waals surface area contributed by atoms with Gasteiger partial charge in [-0.25, -0.2) is 4.79 Å². The molecule has 25 heavy (non-hydrogen) atoms. The molecule has 1 atom stereocenters. The molecule has 1 saturated heterocycles. The number of likely N-dealkylation sites (tertiary alicyclic amines) is 1. The van der Waals surface area contributed by atoms with Crippen LogP contribution in [0.1, 0.15) is 12.8 Å². The van der Waals surface area contributed by atoms with Gasteiger partial charge in [0.1, 0.15) is 5.75 Å². The van der Waals surface area contributed by atoms with Crippen LogP contribution in [0.2, 0.25) is 0 Å². The fourth-order valence-electron chi connectivity index (χ4n) is 3.11. The Morgan fingerprint density at radius 2 is 1.96 bits per heavy atom. The number of hydrogen-bond acceptors (Lipinski definition) is 4. The van der Waals surface area contributed by atoms with Crippen molar-refractivity contribution in [1.82, 2.24) is 4.90 Å².